The number of nitrogens with one attached hydrogen (secondary N) is 1. The van der Waals surface area contributed by atoms with Crippen LogP contribution in [0.25, 0.3) is 11.4 Å². The van der Waals surface area contributed by atoms with Crippen LogP contribution in [-0.4, -0.2) is 21.3 Å². The minimum absolute atomic E-state index is 0.284. The maximum absolute atomic E-state index is 4.35. The molecular formula is C12H13IN4. The Labute approximate surface area is 114 Å². The molecule has 2 heterocycles. The van der Waals surface area contributed by atoms with Crippen molar-refractivity contribution in [3.63, 3.8) is 0 Å². The van der Waals surface area contributed by atoms with E-state index in [9.17, 15) is 0 Å². The van der Waals surface area contributed by atoms with Gasteiger partial charge in [-0.3, -0.25) is 0 Å². The van der Waals surface area contributed by atoms with Crippen LogP contribution in [0, 0.1) is 3.57 Å². The third-order valence-corrected chi connectivity index (χ3v) is 4.01. The number of rotatable bonds is 1. The van der Waals surface area contributed by atoms with E-state index in [4.69, 9.17) is 0 Å². The van der Waals surface area contributed by atoms with Gasteiger partial charge in [-0.2, -0.15) is 0 Å². The number of halogens is 1. The van der Waals surface area contributed by atoms with Crippen molar-refractivity contribution in [2.75, 3.05) is 6.54 Å². The maximum atomic E-state index is 4.35. The van der Waals surface area contributed by atoms with E-state index < -0.39 is 0 Å². The van der Waals surface area contributed by atoms with Crippen LogP contribution < -0.4 is 5.32 Å². The molecule has 0 bridgehead atoms. The Bertz CT molecular complexity index is 549. The second-order valence-corrected chi connectivity index (χ2v) is 5.35. The third kappa shape index (κ3) is 1.87. The van der Waals surface area contributed by atoms with E-state index in [0.29, 0.717) is 0 Å². The van der Waals surface area contributed by atoms with Crippen LogP contribution >= 0.6 is 22.6 Å². The largest absolute Gasteiger partial charge is 0.308 e. The maximum Gasteiger partial charge on any atom is 0.165 e. The lowest BCUT2D eigenvalue weighted by molar-refractivity contribution is 0.439. The van der Waals surface area contributed by atoms with Gasteiger partial charge in [-0.15, -0.1) is 10.2 Å². The van der Waals surface area contributed by atoms with Crippen molar-refractivity contribution >= 4 is 22.6 Å². The van der Waals surface area contributed by atoms with Gasteiger partial charge >= 0.3 is 0 Å². The Morgan fingerprint density at radius 3 is 3.00 bits per heavy atom. The van der Waals surface area contributed by atoms with E-state index in [1.54, 1.807) is 0 Å². The number of hydrogen-bond donors (Lipinski definition) is 1. The molecule has 0 amide bonds. The van der Waals surface area contributed by atoms with Crippen LogP contribution in [0.3, 0.4) is 0 Å². The Morgan fingerprint density at radius 2 is 2.18 bits per heavy atom. The van der Waals surface area contributed by atoms with Crippen molar-refractivity contribution in [3.8, 4) is 11.4 Å². The van der Waals surface area contributed by atoms with Crippen molar-refractivity contribution in [3.05, 3.63) is 33.7 Å². The molecule has 0 fully saturated rings. The summed E-state index contributed by atoms with van der Waals surface area (Å²) in [6.07, 6.45) is 0. The molecule has 0 radical (unpaired) electrons. The summed E-state index contributed by atoms with van der Waals surface area (Å²) in [5.74, 6) is 2.02. The summed E-state index contributed by atoms with van der Waals surface area (Å²) in [7, 11) is 0. The van der Waals surface area contributed by atoms with Gasteiger partial charge in [0.15, 0.2) is 5.82 Å². The van der Waals surface area contributed by atoms with Gasteiger partial charge in [0.25, 0.3) is 0 Å². The first-order valence-electron chi connectivity index (χ1n) is 5.69. The highest BCUT2D eigenvalue weighted by Crippen LogP contribution is 2.26. The van der Waals surface area contributed by atoms with E-state index >= 15 is 0 Å². The third-order valence-electron chi connectivity index (χ3n) is 3.07. The van der Waals surface area contributed by atoms with Crippen molar-refractivity contribution < 1.29 is 0 Å². The minimum atomic E-state index is 0.284. The summed E-state index contributed by atoms with van der Waals surface area (Å²) >= 11 is 2.34. The molecule has 17 heavy (non-hydrogen) atoms. The fraction of sp³-hybridized carbons (Fsp3) is 0.333. The zero-order valence-electron chi connectivity index (χ0n) is 9.52. The molecule has 0 spiro atoms. The lowest BCUT2D eigenvalue weighted by Crippen LogP contribution is -2.32. The Balaban J connectivity index is 2.14. The highest BCUT2D eigenvalue weighted by molar-refractivity contribution is 14.1. The van der Waals surface area contributed by atoms with Crippen LogP contribution in [0.2, 0.25) is 0 Å². The second-order valence-electron chi connectivity index (χ2n) is 4.19. The van der Waals surface area contributed by atoms with Crippen molar-refractivity contribution in [2.24, 2.45) is 0 Å². The van der Waals surface area contributed by atoms with Gasteiger partial charge in [-0.1, -0.05) is 18.2 Å². The Hall–Kier alpha value is -0.950. The van der Waals surface area contributed by atoms with Gasteiger partial charge in [0, 0.05) is 22.2 Å². The van der Waals surface area contributed by atoms with Crippen LogP contribution in [0.4, 0.5) is 0 Å². The van der Waals surface area contributed by atoms with E-state index in [-0.39, 0.29) is 6.04 Å². The predicted molar refractivity (Wildman–Crippen MR) is 74.6 cm³/mol. The SMILES string of the molecule is CC1NCCn2c(-c3ccccc3I)nnc21. The molecule has 0 aliphatic carbocycles. The van der Waals surface area contributed by atoms with Crippen LogP contribution in [0.5, 0.6) is 0 Å². The highest BCUT2D eigenvalue weighted by Gasteiger charge is 2.22. The van der Waals surface area contributed by atoms with Crippen molar-refractivity contribution in [1.29, 1.82) is 0 Å². The van der Waals surface area contributed by atoms with Crippen LogP contribution in [0.15, 0.2) is 24.3 Å². The van der Waals surface area contributed by atoms with Gasteiger partial charge < -0.3 is 9.88 Å². The van der Waals surface area contributed by atoms with Crippen LogP contribution in [0.1, 0.15) is 18.8 Å². The lowest BCUT2D eigenvalue weighted by atomic mass is 10.2. The molecule has 1 aromatic heterocycles. The molecule has 0 saturated heterocycles. The monoisotopic (exact) mass is 340 g/mol. The second kappa shape index (κ2) is 4.38. The average Bonchev–Trinajstić information content (AvgIpc) is 2.75. The minimum Gasteiger partial charge on any atom is -0.308 e. The number of fused-ring (bicyclic) bond motifs is 1. The first kappa shape index (κ1) is 11.2. The molecule has 1 N–H and O–H groups in total. The summed E-state index contributed by atoms with van der Waals surface area (Å²) in [5, 5.41) is 12.0. The summed E-state index contributed by atoms with van der Waals surface area (Å²) in [6.45, 7) is 4.04. The fourth-order valence-electron chi connectivity index (χ4n) is 2.18. The molecule has 1 aliphatic heterocycles. The van der Waals surface area contributed by atoms with Crippen molar-refractivity contribution in [2.45, 2.75) is 19.5 Å². The van der Waals surface area contributed by atoms with Crippen molar-refractivity contribution in [1.82, 2.24) is 20.1 Å². The van der Waals surface area contributed by atoms with Gasteiger partial charge in [0.1, 0.15) is 5.82 Å². The summed E-state index contributed by atoms with van der Waals surface area (Å²) in [4.78, 5) is 0. The summed E-state index contributed by atoms with van der Waals surface area (Å²) < 4.78 is 3.44. The number of benzene rings is 1. The molecule has 5 heteroatoms. The fourth-order valence-corrected chi connectivity index (χ4v) is 2.81. The van der Waals surface area contributed by atoms with Gasteiger partial charge in [0.2, 0.25) is 0 Å². The van der Waals surface area contributed by atoms with Gasteiger partial charge in [-0.05, 0) is 35.6 Å². The Kier molecular flexibility index (Phi) is 2.87. The molecule has 1 unspecified atom stereocenters. The summed E-state index contributed by atoms with van der Waals surface area (Å²) in [6, 6.07) is 8.58. The molecular weight excluding hydrogens is 327 g/mol. The lowest BCUT2D eigenvalue weighted by Gasteiger charge is -2.22. The first-order valence-corrected chi connectivity index (χ1v) is 6.76. The smallest absolute Gasteiger partial charge is 0.165 e. The van der Waals surface area contributed by atoms with Gasteiger partial charge in [0.05, 0.1) is 6.04 Å². The quantitative estimate of drug-likeness (QED) is 0.810. The van der Waals surface area contributed by atoms with Gasteiger partial charge in [-0.25, -0.2) is 0 Å². The molecule has 1 aliphatic rings. The van der Waals surface area contributed by atoms with E-state index in [2.05, 4.69) is 61.7 Å². The van der Waals surface area contributed by atoms with E-state index in [0.717, 1.165) is 24.7 Å². The first-order chi connectivity index (χ1) is 8.27. The van der Waals surface area contributed by atoms with E-state index in [1.165, 1.54) is 9.13 Å². The summed E-state index contributed by atoms with van der Waals surface area (Å²) in [5.41, 5.74) is 1.17. The zero-order valence-corrected chi connectivity index (χ0v) is 11.7. The molecule has 88 valence electrons. The molecule has 0 saturated carbocycles. The molecule has 3 rings (SSSR count). The molecule has 1 aromatic carbocycles. The standard InChI is InChI=1S/C12H13IN4/c1-8-11-15-16-12(17(11)7-6-14-8)9-4-2-3-5-10(9)13/h2-5,8,14H,6-7H2,1H3. The highest BCUT2D eigenvalue weighted by atomic mass is 127. The number of aromatic nitrogens is 3. The predicted octanol–water partition coefficient (Wildman–Crippen LogP) is 2.21. The molecule has 1 atom stereocenters. The average molecular weight is 340 g/mol. The number of hydrogen-bond acceptors (Lipinski definition) is 3. The normalized spacial score (nSPS) is 19.1. The molecule has 4 nitrogen and oxygen atoms in total. The zero-order chi connectivity index (χ0) is 11.8. The Morgan fingerprint density at radius 1 is 1.35 bits per heavy atom. The molecule has 2 aromatic rings. The van der Waals surface area contributed by atoms with Crippen LogP contribution in [-0.2, 0) is 6.54 Å². The van der Waals surface area contributed by atoms with E-state index in [1.807, 2.05) is 12.1 Å². The topological polar surface area (TPSA) is 42.7 Å². The number of nitrogens with zero attached hydrogens (tertiary/aromatic N) is 3.